The predicted octanol–water partition coefficient (Wildman–Crippen LogP) is 6.28. The minimum absolute atomic E-state index is 0. The van der Waals surface area contributed by atoms with Crippen molar-refractivity contribution in [3.8, 4) is 17.2 Å². The van der Waals surface area contributed by atoms with Gasteiger partial charge in [-0.3, -0.25) is 9.59 Å². The Kier molecular flexibility index (Phi) is 17.0. The van der Waals surface area contributed by atoms with E-state index >= 15 is 0 Å². The van der Waals surface area contributed by atoms with Crippen molar-refractivity contribution in [2.75, 3.05) is 14.2 Å². The van der Waals surface area contributed by atoms with Crippen LogP contribution in [0.15, 0.2) is 97.6 Å². The van der Waals surface area contributed by atoms with Gasteiger partial charge >= 0.3 is 19.1 Å². The number of carbonyl (C=O) groups excluding carboxylic acids is 2. The normalized spacial score (nSPS) is 13.5. The van der Waals surface area contributed by atoms with E-state index in [2.05, 4.69) is 32.5 Å². The third-order valence-corrected chi connectivity index (χ3v) is 11.1. The second kappa shape index (κ2) is 22.5. The van der Waals surface area contributed by atoms with Gasteiger partial charge in [-0.05, 0) is 127 Å². The first-order valence-corrected chi connectivity index (χ1v) is 20.5. The number of hydrogen-bond acceptors (Lipinski definition) is 12. The van der Waals surface area contributed by atoms with Gasteiger partial charge in [0.15, 0.2) is 0 Å². The quantitative estimate of drug-likeness (QED) is 0.0982. The monoisotopic (exact) mass is 844 g/mol. The molecule has 0 fully saturated rings. The van der Waals surface area contributed by atoms with Crippen LogP contribution in [-0.2, 0) is 58.8 Å². The Balaban J connectivity index is 0.000000189. The third kappa shape index (κ3) is 12.4. The Morgan fingerprint density at radius 3 is 1.52 bits per heavy atom. The number of phenolic OH excluding ortho intramolecular Hbond substituents is 1. The van der Waals surface area contributed by atoms with Crippen LogP contribution in [0.3, 0.4) is 0 Å². The summed E-state index contributed by atoms with van der Waals surface area (Å²) in [6.07, 6.45) is 13.1. The molecule has 326 valence electrons. The molecule has 8 rings (SSSR count). The van der Waals surface area contributed by atoms with Crippen LogP contribution in [0.5, 0.6) is 17.2 Å². The first kappa shape index (κ1) is 46.7. The molecule has 2 aliphatic carbocycles. The van der Waals surface area contributed by atoms with Crippen LogP contribution in [0, 0.1) is 0 Å². The van der Waals surface area contributed by atoms with E-state index in [1.807, 2.05) is 61.1 Å². The first-order chi connectivity index (χ1) is 29.5. The van der Waals surface area contributed by atoms with Gasteiger partial charge < -0.3 is 38.5 Å². The molecule has 2 atom stereocenters. The van der Waals surface area contributed by atoms with Crippen molar-refractivity contribution in [2.45, 2.75) is 83.5 Å². The number of esters is 2. The molecule has 2 heterocycles. The van der Waals surface area contributed by atoms with E-state index in [4.69, 9.17) is 24.3 Å². The van der Waals surface area contributed by atoms with Gasteiger partial charge in [-0.2, -0.15) is 0 Å². The molecule has 0 aliphatic heterocycles. The number of aromatic nitrogens is 6. The Labute approximate surface area is 363 Å². The zero-order chi connectivity index (χ0) is 43.3. The number of methoxy groups -OCH3 is 2. The summed E-state index contributed by atoms with van der Waals surface area (Å²) in [4.78, 5) is 23.5. The molecule has 3 N–H and O–H groups in total. The molecule has 4 aromatic carbocycles. The van der Waals surface area contributed by atoms with E-state index < -0.39 is 7.12 Å². The molecule has 0 bridgehead atoms. The number of rotatable bonds is 11. The van der Waals surface area contributed by atoms with Crippen molar-refractivity contribution < 1.29 is 39.0 Å². The molecule has 0 saturated heterocycles. The highest BCUT2D eigenvalue weighted by Crippen LogP contribution is 2.32. The number of carbonyl (C=O) groups is 2. The lowest BCUT2D eigenvalue weighted by Gasteiger charge is -2.17. The minimum Gasteiger partial charge on any atom is -0.508 e. The molecule has 62 heavy (non-hydrogen) atoms. The van der Waals surface area contributed by atoms with Crippen LogP contribution in [0.4, 0.5) is 0 Å². The average molecular weight is 845 g/mol. The zero-order valence-corrected chi connectivity index (χ0v) is 35.1. The number of nitrogens with zero attached hydrogens (tertiary/aromatic N) is 6. The highest BCUT2D eigenvalue weighted by Gasteiger charge is 2.25. The zero-order valence-electron chi connectivity index (χ0n) is 35.1. The SMILES string of the molecule is C.COC(=O)C[C@@H](c1ccc(O)cc1)c1nncn1C.COC(=O)C[C@@H](c1ccc(Oc2ccc3c(c2)CCCC3)cc1)c1nncn1C.OB(O)c1ccc2c(c1)CCCC2. The van der Waals surface area contributed by atoms with Crippen LogP contribution in [0.25, 0.3) is 0 Å². The Hall–Kier alpha value is -6.32. The van der Waals surface area contributed by atoms with Gasteiger partial charge in [-0.1, -0.05) is 56.0 Å². The smallest absolute Gasteiger partial charge is 0.488 e. The van der Waals surface area contributed by atoms with Gasteiger partial charge in [0.2, 0.25) is 0 Å². The number of fused-ring (bicyclic) bond motifs is 2. The lowest BCUT2D eigenvalue weighted by molar-refractivity contribution is -0.141. The summed E-state index contributed by atoms with van der Waals surface area (Å²) >= 11 is 0. The van der Waals surface area contributed by atoms with Crippen LogP contribution in [0.2, 0.25) is 0 Å². The standard InChI is InChI=1S/C23H25N3O3.C13H15N3O3.C10H13BO2.CH4/c1-26-15-24-25-23(26)21(14-22(27)28-2)17-8-10-19(11-9-17)29-20-12-7-16-5-3-4-6-18(16)13-20;1-16-8-14-15-13(16)11(7-12(18)19-2)9-3-5-10(17)6-4-9;12-11(13)10-6-5-8-3-1-2-4-9(8)7-10;/h7-13,15,21H,3-6,14H2,1-2H3;3-6,8,11,17H,7H2,1-2H3;5-7,12-13H,1-4H2;1H4/t21-;11-;;/m00../s1. The lowest BCUT2D eigenvalue weighted by atomic mass is 9.77. The summed E-state index contributed by atoms with van der Waals surface area (Å²) in [7, 11) is 5.11. The number of hydrogen-bond donors (Lipinski definition) is 3. The second-order valence-corrected chi connectivity index (χ2v) is 15.3. The summed E-state index contributed by atoms with van der Waals surface area (Å²) in [6, 6.07) is 26.6. The molecule has 2 aromatic heterocycles. The van der Waals surface area contributed by atoms with Gasteiger partial charge in [-0.15, -0.1) is 20.4 Å². The molecular formula is C47H57BN6O8. The number of phenols is 1. The topological polar surface area (TPSA) is 184 Å². The van der Waals surface area contributed by atoms with Gasteiger partial charge in [-0.25, -0.2) is 0 Å². The molecule has 0 amide bonds. The maximum absolute atomic E-state index is 11.9. The van der Waals surface area contributed by atoms with E-state index in [0.717, 1.165) is 54.1 Å². The molecule has 0 spiro atoms. The molecular weight excluding hydrogens is 787 g/mol. The summed E-state index contributed by atoms with van der Waals surface area (Å²) < 4.78 is 19.2. The Morgan fingerprint density at radius 1 is 0.629 bits per heavy atom. The van der Waals surface area contributed by atoms with Gasteiger partial charge in [0.1, 0.15) is 41.6 Å². The fourth-order valence-corrected chi connectivity index (χ4v) is 7.73. The van der Waals surface area contributed by atoms with Crippen LogP contribution >= 0.6 is 0 Å². The number of benzene rings is 4. The Morgan fingerprint density at radius 2 is 1.06 bits per heavy atom. The van der Waals surface area contributed by atoms with Crippen LogP contribution in [0.1, 0.15) is 103 Å². The number of ether oxygens (including phenoxy) is 3. The third-order valence-electron chi connectivity index (χ3n) is 11.1. The Bertz CT molecular complexity index is 2360. The summed E-state index contributed by atoms with van der Waals surface area (Å²) in [6.45, 7) is 0. The molecule has 0 saturated carbocycles. The molecule has 2 aliphatic rings. The van der Waals surface area contributed by atoms with Crippen molar-refractivity contribution in [1.29, 1.82) is 0 Å². The van der Waals surface area contributed by atoms with E-state index in [-0.39, 0.29) is 49.8 Å². The molecule has 15 heteroatoms. The fourth-order valence-electron chi connectivity index (χ4n) is 7.73. The van der Waals surface area contributed by atoms with Crippen molar-refractivity contribution in [3.05, 3.63) is 143 Å². The van der Waals surface area contributed by atoms with Crippen LogP contribution in [-0.4, -0.2) is 78.0 Å². The lowest BCUT2D eigenvalue weighted by Crippen LogP contribution is -2.30. The fraction of sp³-hybridized carbons (Fsp3) is 0.362. The van der Waals surface area contributed by atoms with Gasteiger partial charge in [0.25, 0.3) is 0 Å². The maximum atomic E-state index is 11.9. The number of aryl methyl sites for hydroxylation is 6. The maximum Gasteiger partial charge on any atom is 0.488 e. The summed E-state index contributed by atoms with van der Waals surface area (Å²) in [5, 5.41) is 43.3. The first-order valence-electron chi connectivity index (χ1n) is 20.5. The predicted molar refractivity (Wildman–Crippen MR) is 236 cm³/mol. The van der Waals surface area contributed by atoms with Crippen molar-refractivity contribution in [2.24, 2.45) is 14.1 Å². The summed E-state index contributed by atoms with van der Waals surface area (Å²) in [5.41, 5.74) is 7.94. The average Bonchev–Trinajstić information content (AvgIpc) is 3.92. The second-order valence-electron chi connectivity index (χ2n) is 15.3. The highest BCUT2D eigenvalue weighted by molar-refractivity contribution is 6.58. The van der Waals surface area contributed by atoms with Crippen LogP contribution < -0.4 is 10.2 Å². The van der Waals surface area contributed by atoms with E-state index in [9.17, 15) is 14.7 Å². The minimum atomic E-state index is -1.33. The van der Waals surface area contributed by atoms with Crippen molar-refractivity contribution in [3.63, 3.8) is 0 Å². The molecule has 6 aromatic rings. The van der Waals surface area contributed by atoms with E-state index in [1.165, 1.54) is 62.2 Å². The number of aromatic hydroxyl groups is 1. The molecule has 0 unspecified atom stereocenters. The highest BCUT2D eigenvalue weighted by atomic mass is 16.5. The van der Waals surface area contributed by atoms with Crippen molar-refractivity contribution >= 4 is 24.5 Å². The van der Waals surface area contributed by atoms with Gasteiger partial charge in [0, 0.05) is 14.1 Å². The molecule has 0 radical (unpaired) electrons. The summed E-state index contributed by atoms with van der Waals surface area (Å²) in [5.74, 6) is 2.12. The molecule has 14 nitrogen and oxygen atoms in total. The van der Waals surface area contributed by atoms with E-state index in [1.54, 1.807) is 47.6 Å². The largest absolute Gasteiger partial charge is 0.508 e. The van der Waals surface area contributed by atoms with Crippen molar-refractivity contribution in [1.82, 2.24) is 29.5 Å². The van der Waals surface area contributed by atoms with E-state index in [0.29, 0.717) is 11.3 Å². The van der Waals surface area contributed by atoms with Gasteiger partial charge in [0.05, 0.1) is 38.9 Å².